The number of aryl methyl sites for hydroxylation is 1. The molecule has 2 aromatic rings. The highest BCUT2D eigenvalue weighted by Crippen LogP contribution is 2.27. The minimum absolute atomic E-state index is 0.0184. The van der Waals surface area contributed by atoms with Crippen LogP contribution in [-0.2, 0) is 34.5 Å². The van der Waals surface area contributed by atoms with Crippen LogP contribution in [0.1, 0.15) is 34.8 Å². The van der Waals surface area contributed by atoms with E-state index in [9.17, 15) is 15.0 Å². The molecule has 0 heterocycles. The number of fused-ring (bicyclic) bond motifs is 1. The van der Waals surface area contributed by atoms with Gasteiger partial charge in [-0.25, -0.2) is 0 Å². The lowest BCUT2D eigenvalue weighted by Crippen LogP contribution is -2.37. The van der Waals surface area contributed by atoms with Gasteiger partial charge in [-0.15, -0.1) is 0 Å². The number of amides is 1. The highest BCUT2D eigenvalue weighted by Gasteiger charge is 2.20. The van der Waals surface area contributed by atoms with E-state index in [1.54, 1.807) is 32.3 Å². The van der Waals surface area contributed by atoms with E-state index in [1.165, 1.54) is 16.0 Å². The molecule has 12 heteroatoms. The molecular formula is C24H34N2O9S. The monoisotopic (exact) mass is 526 g/mol. The number of hydrogen-bond donors (Lipinski definition) is 6. The minimum Gasteiger partial charge on any atom is -0.508 e. The van der Waals surface area contributed by atoms with Gasteiger partial charge >= 0.3 is 10.4 Å². The van der Waals surface area contributed by atoms with Crippen LogP contribution in [0.5, 0.6) is 11.5 Å². The second-order valence-electron chi connectivity index (χ2n) is 8.68. The number of rotatable bonds is 9. The maximum absolute atomic E-state index is 11.7. The number of aliphatic hydroxyl groups is 2. The number of hydrogen-bond acceptors (Lipinski definition) is 8. The van der Waals surface area contributed by atoms with Crippen molar-refractivity contribution in [3.8, 4) is 11.5 Å². The molecule has 1 amide bonds. The number of ether oxygens (including phenoxy) is 1. The topological polar surface area (TPSA) is 177 Å². The first-order valence-electron chi connectivity index (χ1n) is 11.4. The van der Waals surface area contributed by atoms with E-state index in [2.05, 4.69) is 11.4 Å². The summed E-state index contributed by atoms with van der Waals surface area (Å²) in [4.78, 5) is 13.2. The summed E-state index contributed by atoms with van der Waals surface area (Å²) in [5.74, 6) is 0.741. The van der Waals surface area contributed by atoms with Gasteiger partial charge in [-0.05, 0) is 72.2 Å². The van der Waals surface area contributed by atoms with E-state index in [-0.39, 0.29) is 30.9 Å². The molecule has 0 spiro atoms. The molecule has 0 aromatic heterocycles. The molecule has 0 unspecified atom stereocenters. The summed E-state index contributed by atoms with van der Waals surface area (Å²) >= 11 is 0. The van der Waals surface area contributed by atoms with E-state index in [0.29, 0.717) is 29.8 Å². The van der Waals surface area contributed by atoms with Crippen LogP contribution in [0.4, 0.5) is 0 Å². The quantitative estimate of drug-likeness (QED) is 0.258. The Kier molecular flexibility index (Phi) is 11.1. The first-order valence-corrected chi connectivity index (χ1v) is 12.8. The Bertz CT molecular complexity index is 1110. The maximum atomic E-state index is 11.7. The lowest BCUT2D eigenvalue weighted by molar-refractivity contribution is -0.130. The fourth-order valence-corrected chi connectivity index (χ4v) is 3.80. The second kappa shape index (κ2) is 13.5. The van der Waals surface area contributed by atoms with E-state index < -0.39 is 16.5 Å². The molecule has 0 saturated carbocycles. The van der Waals surface area contributed by atoms with E-state index in [0.717, 1.165) is 19.3 Å². The minimum atomic E-state index is -4.67. The van der Waals surface area contributed by atoms with Crippen molar-refractivity contribution < 1.29 is 42.4 Å². The number of carbonyl (C=O) groups excluding carboxylic acids is 1. The maximum Gasteiger partial charge on any atom is 0.394 e. The second-order valence-corrected chi connectivity index (χ2v) is 9.58. The third kappa shape index (κ3) is 10.1. The van der Waals surface area contributed by atoms with Crippen LogP contribution in [0, 0.1) is 0 Å². The molecule has 0 fully saturated rings. The highest BCUT2D eigenvalue weighted by atomic mass is 32.3. The lowest BCUT2D eigenvalue weighted by atomic mass is 9.88. The van der Waals surface area contributed by atoms with E-state index >= 15 is 0 Å². The summed E-state index contributed by atoms with van der Waals surface area (Å²) in [5.41, 5.74) is 3.83. The molecule has 11 nitrogen and oxygen atoms in total. The lowest BCUT2D eigenvalue weighted by Gasteiger charge is -2.27. The van der Waals surface area contributed by atoms with Crippen LogP contribution in [0.2, 0.25) is 0 Å². The fraction of sp³-hybridized carbons (Fsp3) is 0.458. The fourth-order valence-electron chi connectivity index (χ4n) is 3.80. The number of benzene rings is 2. The molecule has 3 rings (SSSR count). The molecule has 0 saturated heterocycles. The van der Waals surface area contributed by atoms with Gasteiger partial charge in [0.25, 0.3) is 5.91 Å². The number of phenolic OH excluding ortho intramolecular Hbond substituents is 1. The smallest absolute Gasteiger partial charge is 0.394 e. The third-order valence-electron chi connectivity index (χ3n) is 5.74. The Morgan fingerprint density at radius 2 is 1.86 bits per heavy atom. The van der Waals surface area contributed by atoms with Crippen LogP contribution in [0.3, 0.4) is 0 Å². The third-order valence-corrected chi connectivity index (χ3v) is 5.74. The van der Waals surface area contributed by atoms with Crippen molar-refractivity contribution in [1.82, 2.24) is 10.2 Å². The largest absolute Gasteiger partial charge is 0.508 e. The van der Waals surface area contributed by atoms with Gasteiger partial charge in [-0.3, -0.25) is 13.9 Å². The van der Waals surface area contributed by atoms with Gasteiger partial charge < -0.3 is 30.3 Å². The number of nitrogens with zero attached hydrogens (tertiary/aromatic N) is 1. The predicted octanol–water partition coefficient (Wildman–Crippen LogP) is 0.922. The Hall–Kier alpha value is -2.74. The number of carbonyl (C=O) groups is 1. The molecule has 36 heavy (non-hydrogen) atoms. The SMILES string of the molecule is CN(C)C(=O)COc1ccc2c(c1)C[C@@H](NC[C@@H](O)c1ccc(O)c(CCO)c1)CC2.O=S(=O)(O)O. The van der Waals surface area contributed by atoms with Gasteiger partial charge in [0.2, 0.25) is 0 Å². The zero-order valence-corrected chi connectivity index (χ0v) is 21.1. The Morgan fingerprint density at radius 1 is 1.17 bits per heavy atom. The summed E-state index contributed by atoms with van der Waals surface area (Å²) in [7, 11) is -1.26. The zero-order chi connectivity index (χ0) is 26.9. The van der Waals surface area contributed by atoms with E-state index in [1.807, 2.05) is 12.1 Å². The van der Waals surface area contributed by atoms with Crippen molar-refractivity contribution in [2.75, 3.05) is 33.9 Å². The molecular weight excluding hydrogens is 492 g/mol. The van der Waals surface area contributed by atoms with Crippen molar-refractivity contribution in [2.45, 2.75) is 37.8 Å². The summed E-state index contributed by atoms with van der Waals surface area (Å²) in [6.07, 6.45) is 2.39. The average Bonchev–Trinajstić information content (AvgIpc) is 2.81. The van der Waals surface area contributed by atoms with Crippen molar-refractivity contribution >= 4 is 16.3 Å². The number of likely N-dealkylation sites (N-methyl/N-ethyl adjacent to an activating group) is 1. The van der Waals surface area contributed by atoms with Crippen molar-refractivity contribution in [3.63, 3.8) is 0 Å². The van der Waals surface area contributed by atoms with Crippen molar-refractivity contribution in [2.24, 2.45) is 0 Å². The highest BCUT2D eigenvalue weighted by molar-refractivity contribution is 7.79. The number of phenols is 1. The number of aromatic hydroxyl groups is 1. The molecule has 0 bridgehead atoms. The number of nitrogens with one attached hydrogen (secondary N) is 1. The molecule has 0 aliphatic heterocycles. The van der Waals surface area contributed by atoms with Crippen LogP contribution >= 0.6 is 0 Å². The predicted molar refractivity (Wildman–Crippen MR) is 132 cm³/mol. The first kappa shape index (κ1) is 29.5. The molecule has 1 aliphatic carbocycles. The standard InChI is InChI=1S/C24H32N2O5.H2O4S/c1-26(2)24(30)15-31-21-7-4-16-3-6-20(12-19(16)13-21)25-14-23(29)17-5-8-22(28)18(11-17)9-10-27;1-5(2,3)4/h4-5,7-8,11,13,20,23,25,27-29H,3,6,9-10,12,14-15H2,1-2H3;(H2,1,2,3,4)/t20-,23+;/m0./s1. The molecule has 2 atom stereocenters. The van der Waals surface area contributed by atoms with Gasteiger partial charge in [-0.2, -0.15) is 8.42 Å². The molecule has 0 radical (unpaired) electrons. The van der Waals surface area contributed by atoms with Gasteiger partial charge in [0.15, 0.2) is 6.61 Å². The van der Waals surface area contributed by atoms with Gasteiger partial charge in [0.05, 0.1) is 6.10 Å². The molecule has 1 aliphatic rings. The summed E-state index contributed by atoms with van der Waals surface area (Å²) in [5, 5.41) is 33.0. The van der Waals surface area contributed by atoms with Crippen LogP contribution in [0.15, 0.2) is 36.4 Å². The Balaban J connectivity index is 0.000000830. The van der Waals surface area contributed by atoms with E-state index in [4.69, 9.17) is 27.4 Å². The van der Waals surface area contributed by atoms with Crippen molar-refractivity contribution in [3.05, 3.63) is 58.7 Å². The van der Waals surface area contributed by atoms with Crippen LogP contribution in [-0.4, -0.2) is 83.5 Å². The Morgan fingerprint density at radius 3 is 2.50 bits per heavy atom. The summed E-state index contributed by atoms with van der Waals surface area (Å²) in [6, 6.07) is 11.2. The average molecular weight is 527 g/mol. The van der Waals surface area contributed by atoms with Crippen molar-refractivity contribution in [1.29, 1.82) is 0 Å². The van der Waals surface area contributed by atoms with Crippen LogP contribution in [0.25, 0.3) is 0 Å². The van der Waals surface area contributed by atoms with Gasteiger partial charge in [0.1, 0.15) is 11.5 Å². The Labute approximate surface area is 210 Å². The molecule has 2 aromatic carbocycles. The zero-order valence-electron chi connectivity index (χ0n) is 20.3. The normalized spacial score (nSPS) is 15.8. The molecule has 200 valence electrons. The summed E-state index contributed by atoms with van der Waals surface area (Å²) in [6.45, 7) is 0.364. The molecule has 6 N–H and O–H groups in total. The first-order chi connectivity index (χ1) is 16.9. The van der Waals surface area contributed by atoms with Gasteiger partial charge in [0, 0.05) is 33.3 Å². The van der Waals surface area contributed by atoms with Gasteiger partial charge in [-0.1, -0.05) is 12.1 Å². The number of aliphatic hydroxyl groups excluding tert-OH is 2. The van der Waals surface area contributed by atoms with Crippen LogP contribution < -0.4 is 10.1 Å². The summed E-state index contributed by atoms with van der Waals surface area (Å²) < 4.78 is 37.2.